The second-order valence-corrected chi connectivity index (χ2v) is 3.34. The monoisotopic (exact) mass is 172 g/mol. The van der Waals surface area contributed by atoms with E-state index >= 15 is 0 Å². The molecule has 4 nitrogen and oxygen atoms in total. The summed E-state index contributed by atoms with van der Waals surface area (Å²) in [5.74, 6) is -1.20. The molecule has 0 atom stereocenters. The molecule has 1 rings (SSSR count). The molecule has 0 spiro atoms. The number of carbonyl (C=O) groups is 2. The molecule has 0 aromatic carbocycles. The van der Waals surface area contributed by atoms with Gasteiger partial charge >= 0.3 is 11.9 Å². The van der Waals surface area contributed by atoms with Crippen molar-refractivity contribution in [2.45, 2.75) is 26.2 Å². The first-order valence-electron chi connectivity index (χ1n) is 3.94. The van der Waals surface area contributed by atoms with Crippen LogP contribution in [0.2, 0.25) is 0 Å². The van der Waals surface area contributed by atoms with Gasteiger partial charge in [-0.25, -0.2) is 0 Å². The largest absolute Gasteiger partial charge is 0.481 e. The van der Waals surface area contributed by atoms with E-state index in [9.17, 15) is 9.59 Å². The van der Waals surface area contributed by atoms with Gasteiger partial charge in [0.25, 0.3) is 0 Å². The average molecular weight is 172 g/mol. The molecule has 0 saturated heterocycles. The van der Waals surface area contributed by atoms with Crippen molar-refractivity contribution in [3.05, 3.63) is 0 Å². The van der Waals surface area contributed by atoms with Gasteiger partial charge in [0.15, 0.2) is 0 Å². The summed E-state index contributed by atoms with van der Waals surface area (Å²) in [7, 11) is 0. The number of carboxylic acid groups (broad SMARTS) is 1. The summed E-state index contributed by atoms with van der Waals surface area (Å²) in [6.07, 6.45) is 1.61. The Hall–Kier alpha value is -1.06. The summed E-state index contributed by atoms with van der Waals surface area (Å²) >= 11 is 0. The number of rotatable bonds is 4. The van der Waals surface area contributed by atoms with Crippen molar-refractivity contribution in [1.29, 1.82) is 0 Å². The minimum atomic E-state index is -0.941. The molecule has 1 aliphatic carbocycles. The first-order valence-corrected chi connectivity index (χ1v) is 3.94. The SMILES string of the molecule is CC1(C(=O)OCCC(=O)O)CC1. The van der Waals surface area contributed by atoms with Crippen LogP contribution >= 0.6 is 0 Å². The quantitative estimate of drug-likeness (QED) is 0.637. The molecule has 0 aromatic heterocycles. The zero-order chi connectivity index (χ0) is 9.19. The normalized spacial score (nSPS) is 18.4. The van der Waals surface area contributed by atoms with Crippen LogP contribution in [0.5, 0.6) is 0 Å². The number of aliphatic carboxylic acids is 1. The van der Waals surface area contributed by atoms with Crippen LogP contribution in [0.3, 0.4) is 0 Å². The van der Waals surface area contributed by atoms with Crippen LogP contribution in [0.15, 0.2) is 0 Å². The van der Waals surface area contributed by atoms with Gasteiger partial charge in [0.1, 0.15) is 6.61 Å². The summed E-state index contributed by atoms with van der Waals surface area (Å²) in [5.41, 5.74) is -0.307. The van der Waals surface area contributed by atoms with Crippen LogP contribution in [-0.4, -0.2) is 23.7 Å². The Balaban J connectivity index is 2.15. The topological polar surface area (TPSA) is 63.6 Å². The molecule has 4 heteroatoms. The van der Waals surface area contributed by atoms with Crippen molar-refractivity contribution in [3.8, 4) is 0 Å². The second kappa shape index (κ2) is 3.13. The first-order chi connectivity index (χ1) is 5.54. The minimum absolute atomic E-state index is 0.0102. The summed E-state index contributed by atoms with van der Waals surface area (Å²) in [4.78, 5) is 21.1. The Morgan fingerprint density at radius 2 is 2.08 bits per heavy atom. The van der Waals surface area contributed by atoms with Crippen molar-refractivity contribution in [2.24, 2.45) is 5.41 Å². The molecule has 1 N–H and O–H groups in total. The van der Waals surface area contributed by atoms with E-state index in [1.807, 2.05) is 6.92 Å². The highest BCUT2D eigenvalue weighted by atomic mass is 16.5. The van der Waals surface area contributed by atoms with E-state index in [1.54, 1.807) is 0 Å². The van der Waals surface area contributed by atoms with Crippen LogP contribution in [0, 0.1) is 5.41 Å². The van der Waals surface area contributed by atoms with Crippen molar-refractivity contribution in [1.82, 2.24) is 0 Å². The fraction of sp³-hybridized carbons (Fsp3) is 0.750. The van der Waals surface area contributed by atoms with Crippen LogP contribution in [0.4, 0.5) is 0 Å². The highest BCUT2D eigenvalue weighted by molar-refractivity contribution is 5.79. The maximum absolute atomic E-state index is 11.1. The fourth-order valence-electron chi connectivity index (χ4n) is 0.797. The van der Waals surface area contributed by atoms with Crippen molar-refractivity contribution >= 4 is 11.9 Å². The van der Waals surface area contributed by atoms with Crippen molar-refractivity contribution in [2.75, 3.05) is 6.61 Å². The summed E-state index contributed by atoms with van der Waals surface area (Å²) < 4.78 is 4.76. The van der Waals surface area contributed by atoms with Crippen LogP contribution < -0.4 is 0 Å². The van der Waals surface area contributed by atoms with Gasteiger partial charge in [-0.1, -0.05) is 0 Å². The third-order valence-electron chi connectivity index (χ3n) is 2.04. The van der Waals surface area contributed by atoms with Gasteiger partial charge in [-0.2, -0.15) is 0 Å². The number of esters is 1. The van der Waals surface area contributed by atoms with Gasteiger partial charge in [0, 0.05) is 0 Å². The molecule has 1 saturated carbocycles. The molecule has 0 radical (unpaired) electrons. The number of hydrogen-bond acceptors (Lipinski definition) is 3. The number of ether oxygens (including phenoxy) is 1. The van der Waals surface area contributed by atoms with E-state index in [1.165, 1.54) is 0 Å². The van der Waals surface area contributed by atoms with E-state index in [0.29, 0.717) is 0 Å². The maximum atomic E-state index is 11.1. The molecule has 0 unspecified atom stereocenters. The van der Waals surface area contributed by atoms with Gasteiger partial charge in [-0.15, -0.1) is 0 Å². The van der Waals surface area contributed by atoms with Crippen molar-refractivity contribution < 1.29 is 19.4 Å². The molecule has 1 aliphatic rings. The Morgan fingerprint density at radius 1 is 1.50 bits per heavy atom. The molecule has 0 aliphatic heterocycles. The Bertz CT molecular complexity index is 205. The summed E-state index contributed by atoms with van der Waals surface area (Å²) in [5, 5.41) is 8.25. The first kappa shape index (κ1) is 9.03. The van der Waals surface area contributed by atoms with E-state index in [-0.39, 0.29) is 24.4 Å². The zero-order valence-corrected chi connectivity index (χ0v) is 7.00. The lowest BCUT2D eigenvalue weighted by Crippen LogP contribution is -2.17. The minimum Gasteiger partial charge on any atom is -0.481 e. The fourth-order valence-corrected chi connectivity index (χ4v) is 0.797. The lowest BCUT2D eigenvalue weighted by atomic mass is 10.1. The molecule has 68 valence electrons. The smallest absolute Gasteiger partial charge is 0.311 e. The lowest BCUT2D eigenvalue weighted by Gasteiger charge is -2.07. The highest BCUT2D eigenvalue weighted by Gasteiger charge is 2.46. The molecule has 0 amide bonds. The average Bonchev–Trinajstić information content (AvgIpc) is 2.68. The standard InChI is InChI=1S/C8H12O4/c1-8(3-4-8)7(11)12-5-2-6(9)10/h2-5H2,1H3,(H,9,10). The van der Waals surface area contributed by atoms with E-state index < -0.39 is 5.97 Å². The van der Waals surface area contributed by atoms with E-state index in [4.69, 9.17) is 9.84 Å². The molecule has 0 heterocycles. The highest BCUT2D eigenvalue weighted by Crippen LogP contribution is 2.45. The van der Waals surface area contributed by atoms with Gasteiger partial charge in [0.2, 0.25) is 0 Å². The van der Waals surface area contributed by atoms with Gasteiger partial charge < -0.3 is 9.84 Å². The lowest BCUT2D eigenvalue weighted by molar-refractivity contribution is -0.151. The Kier molecular flexibility index (Phi) is 2.35. The van der Waals surface area contributed by atoms with Gasteiger partial charge in [-0.3, -0.25) is 9.59 Å². The Morgan fingerprint density at radius 3 is 2.50 bits per heavy atom. The van der Waals surface area contributed by atoms with Crippen LogP contribution in [-0.2, 0) is 14.3 Å². The molecule has 1 fully saturated rings. The third kappa shape index (κ3) is 2.22. The maximum Gasteiger partial charge on any atom is 0.311 e. The molecular weight excluding hydrogens is 160 g/mol. The Labute approximate surface area is 70.5 Å². The van der Waals surface area contributed by atoms with Crippen LogP contribution in [0.1, 0.15) is 26.2 Å². The van der Waals surface area contributed by atoms with E-state index in [0.717, 1.165) is 12.8 Å². The summed E-state index contributed by atoms with van der Waals surface area (Å²) in [6.45, 7) is 1.82. The van der Waals surface area contributed by atoms with Crippen LogP contribution in [0.25, 0.3) is 0 Å². The predicted molar refractivity (Wildman–Crippen MR) is 40.6 cm³/mol. The van der Waals surface area contributed by atoms with Gasteiger partial charge in [-0.05, 0) is 19.8 Å². The van der Waals surface area contributed by atoms with Crippen molar-refractivity contribution in [3.63, 3.8) is 0 Å². The third-order valence-corrected chi connectivity index (χ3v) is 2.04. The van der Waals surface area contributed by atoms with Gasteiger partial charge in [0.05, 0.1) is 11.8 Å². The molecule has 12 heavy (non-hydrogen) atoms. The molecular formula is C8H12O4. The number of carboxylic acids is 1. The van der Waals surface area contributed by atoms with E-state index in [2.05, 4.69) is 0 Å². The summed E-state index contributed by atoms with van der Waals surface area (Å²) in [6, 6.07) is 0. The second-order valence-electron chi connectivity index (χ2n) is 3.34. The number of hydrogen-bond donors (Lipinski definition) is 1. The molecule has 0 bridgehead atoms. The zero-order valence-electron chi connectivity index (χ0n) is 7.00. The predicted octanol–water partition coefficient (Wildman–Crippen LogP) is 0.804. The number of carbonyl (C=O) groups excluding carboxylic acids is 1. The molecule has 0 aromatic rings.